The number of hydrogen-bond acceptors (Lipinski definition) is 3. The summed E-state index contributed by atoms with van der Waals surface area (Å²) in [6.45, 7) is 14.5. The minimum absolute atomic E-state index is 0.0379. The van der Waals surface area contributed by atoms with E-state index in [2.05, 4.69) is 51.7 Å². The van der Waals surface area contributed by atoms with Crippen LogP contribution >= 0.6 is 0 Å². The van der Waals surface area contributed by atoms with E-state index in [1.165, 1.54) is 11.1 Å². The van der Waals surface area contributed by atoms with Crippen molar-refractivity contribution < 1.29 is 9.59 Å². The smallest absolute Gasteiger partial charge is 0.309 e. The van der Waals surface area contributed by atoms with Gasteiger partial charge in [0.05, 0.1) is 0 Å². The normalized spacial score (nSPS) is 22.6. The molecule has 30 heavy (non-hydrogen) atoms. The Labute approximate surface area is 181 Å². The predicted molar refractivity (Wildman–Crippen MR) is 119 cm³/mol. The van der Waals surface area contributed by atoms with E-state index in [1.807, 2.05) is 17.0 Å². The van der Waals surface area contributed by atoms with Crippen LogP contribution in [0.25, 0.3) is 0 Å². The monoisotopic (exact) mass is 411 g/mol. The van der Waals surface area contributed by atoms with E-state index in [0.717, 1.165) is 45.3 Å². The lowest BCUT2D eigenvalue weighted by atomic mass is 9.84. The maximum atomic E-state index is 13.9. The summed E-state index contributed by atoms with van der Waals surface area (Å²) in [5.41, 5.74) is 2.14. The highest BCUT2D eigenvalue weighted by molar-refractivity contribution is 6.07. The third-order valence-electron chi connectivity index (χ3n) is 6.89. The zero-order chi connectivity index (χ0) is 21.7. The van der Waals surface area contributed by atoms with E-state index in [4.69, 9.17) is 0 Å². The number of carbonyl (C=O) groups excluding carboxylic acids is 2. The van der Waals surface area contributed by atoms with Gasteiger partial charge in [0.1, 0.15) is 5.54 Å². The number of nitrogens with zero attached hydrogens (tertiary/aromatic N) is 3. The van der Waals surface area contributed by atoms with Crippen LogP contribution in [0.1, 0.15) is 58.6 Å². The molecule has 5 nitrogen and oxygen atoms in total. The quantitative estimate of drug-likeness (QED) is 0.705. The number of urea groups is 1. The molecule has 1 aliphatic carbocycles. The molecule has 2 fully saturated rings. The molecule has 3 amide bonds. The van der Waals surface area contributed by atoms with E-state index in [0.29, 0.717) is 12.5 Å². The van der Waals surface area contributed by atoms with Crippen molar-refractivity contribution in [3.05, 3.63) is 35.4 Å². The van der Waals surface area contributed by atoms with Gasteiger partial charge in [-0.15, -0.1) is 0 Å². The van der Waals surface area contributed by atoms with Gasteiger partial charge in [0.2, 0.25) is 0 Å². The molecule has 5 heteroatoms. The lowest BCUT2D eigenvalue weighted by Crippen LogP contribution is -2.58. The molecule has 0 atom stereocenters. The number of hydrogen-bond donors (Lipinski definition) is 0. The van der Waals surface area contributed by atoms with E-state index < -0.39 is 5.54 Å². The van der Waals surface area contributed by atoms with Crippen LogP contribution in [0.4, 0.5) is 4.79 Å². The Kier molecular flexibility index (Phi) is 5.46. The van der Waals surface area contributed by atoms with Crippen molar-refractivity contribution in [2.24, 2.45) is 11.3 Å². The number of imide groups is 1. The molecule has 2 heterocycles. The van der Waals surface area contributed by atoms with Gasteiger partial charge in [-0.3, -0.25) is 9.69 Å². The first-order valence-electron chi connectivity index (χ1n) is 11.6. The predicted octanol–water partition coefficient (Wildman–Crippen LogP) is 3.95. The summed E-state index contributed by atoms with van der Waals surface area (Å²) in [7, 11) is 0. The van der Waals surface area contributed by atoms with E-state index in [-0.39, 0.29) is 23.4 Å². The molecule has 2 saturated heterocycles. The molecule has 0 bridgehead atoms. The number of amides is 3. The largest absolute Gasteiger partial charge is 0.327 e. The summed E-state index contributed by atoms with van der Waals surface area (Å²) in [5.74, 6) is 0.397. The van der Waals surface area contributed by atoms with Crippen molar-refractivity contribution in [2.75, 3.05) is 26.2 Å². The highest BCUT2D eigenvalue weighted by Gasteiger charge is 2.59. The van der Waals surface area contributed by atoms with E-state index >= 15 is 0 Å². The highest BCUT2D eigenvalue weighted by Crippen LogP contribution is 2.41. The average molecular weight is 412 g/mol. The van der Waals surface area contributed by atoms with Crippen LogP contribution in [0.5, 0.6) is 0 Å². The zero-order valence-electron chi connectivity index (χ0n) is 19.3. The van der Waals surface area contributed by atoms with Gasteiger partial charge in [-0.05, 0) is 48.1 Å². The minimum Gasteiger partial charge on any atom is -0.309 e. The van der Waals surface area contributed by atoms with Crippen LogP contribution < -0.4 is 0 Å². The molecule has 0 unspecified atom stereocenters. The van der Waals surface area contributed by atoms with E-state index in [1.54, 1.807) is 4.90 Å². The number of fused-ring (bicyclic) bond motifs is 1. The highest BCUT2D eigenvalue weighted by atomic mass is 16.2. The van der Waals surface area contributed by atoms with Crippen molar-refractivity contribution in [3.63, 3.8) is 0 Å². The van der Waals surface area contributed by atoms with Crippen LogP contribution in [-0.4, -0.2) is 64.4 Å². The number of rotatable bonds is 4. The second kappa shape index (κ2) is 7.67. The van der Waals surface area contributed by atoms with Crippen molar-refractivity contribution >= 4 is 11.9 Å². The number of likely N-dealkylation sites (tertiary alicyclic amines) is 1. The lowest BCUT2D eigenvalue weighted by molar-refractivity contribution is -0.137. The van der Waals surface area contributed by atoms with Crippen LogP contribution in [0.15, 0.2) is 24.3 Å². The van der Waals surface area contributed by atoms with Gasteiger partial charge in [-0.2, -0.15) is 0 Å². The second-order valence-corrected chi connectivity index (χ2v) is 11.2. The molecule has 1 aromatic rings. The summed E-state index contributed by atoms with van der Waals surface area (Å²) in [6, 6.07) is 8.26. The van der Waals surface area contributed by atoms with Crippen molar-refractivity contribution in [3.8, 4) is 0 Å². The Hall–Kier alpha value is -1.88. The molecule has 1 spiro atoms. The molecule has 3 aliphatic rings. The number of carbonyl (C=O) groups is 2. The zero-order valence-corrected chi connectivity index (χ0v) is 19.3. The Morgan fingerprint density at radius 3 is 2.10 bits per heavy atom. The lowest BCUT2D eigenvalue weighted by Gasteiger charge is -2.44. The van der Waals surface area contributed by atoms with E-state index in [9.17, 15) is 9.59 Å². The van der Waals surface area contributed by atoms with Crippen molar-refractivity contribution in [1.82, 2.24) is 14.7 Å². The molecular formula is C25H37N3O2. The molecule has 2 aliphatic heterocycles. The van der Waals surface area contributed by atoms with Crippen molar-refractivity contribution in [1.29, 1.82) is 0 Å². The second-order valence-electron chi connectivity index (χ2n) is 11.2. The topological polar surface area (TPSA) is 43.9 Å². The van der Waals surface area contributed by atoms with Crippen LogP contribution in [0, 0.1) is 11.3 Å². The first kappa shape index (κ1) is 21.4. The molecule has 0 N–H and O–H groups in total. The molecule has 0 radical (unpaired) electrons. The summed E-state index contributed by atoms with van der Waals surface area (Å²) < 4.78 is 0. The SMILES string of the molecule is CC(C)CN1C(=O)N(C2Cc3ccccc3C2)C(=O)C12CCN(CC(C)(C)C)CC2. The molecule has 164 valence electrons. The summed E-state index contributed by atoms with van der Waals surface area (Å²) >= 11 is 0. The van der Waals surface area contributed by atoms with Gasteiger partial charge in [-0.25, -0.2) is 4.79 Å². The standard InChI is InChI=1S/C25H37N3O2/c1-18(2)16-27-23(30)28(21-14-19-8-6-7-9-20(19)15-21)22(29)25(27)10-12-26(13-11-25)17-24(3,4)5/h6-9,18,21H,10-17H2,1-5H3. The van der Waals surface area contributed by atoms with Crippen LogP contribution in [0.3, 0.4) is 0 Å². The summed E-state index contributed by atoms with van der Waals surface area (Å²) in [5, 5.41) is 0. The van der Waals surface area contributed by atoms with Gasteiger partial charge in [0, 0.05) is 32.2 Å². The van der Waals surface area contributed by atoms with Crippen LogP contribution in [-0.2, 0) is 17.6 Å². The molecule has 0 saturated carbocycles. The average Bonchev–Trinajstić information content (AvgIpc) is 3.16. The fourth-order valence-corrected chi connectivity index (χ4v) is 5.63. The van der Waals surface area contributed by atoms with Crippen LogP contribution in [0.2, 0.25) is 0 Å². The molecular weight excluding hydrogens is 374 g/mol. The number of piperidine rings is 1. The third-order valence-corrected chi connectivity index (χ3v) is 6.89. The van der Waals surface area contributed by atoms with Crippen molar-refractivity contribution in [2.45, 2.75) is 71.9 Å². The first-order valence-corrected chi connectivity index (χ1v) is 11.6. The Balaban J connectivity index is 1.57. The summed E-state index contributed by atoms with van der Waals surface area (Å²) in [4.78, 5) is 33.5. The van der Waals surface area contributed by atoms with Gasteiger partial charge < -0.3 is 9.80 Å². The first-order chi connectivity index (χ1) is 14.1. The molecule has 4 rings (SSSR count). The maximum absolute atomic E-state index is 13.9. The molecule has 1 aromatic carbocycles. The number of benzene rings is 1. The van der Waals surface area contributed by atoms with Gasteiger partial charge in [0.25, 0.3) is 5.91 Å². The van der Waals surface area contributed by atoms with Gasteiger partial charge >= 0.3 is 6.03 Å². The third kappa shape index (κ3) is 3.77. The Morgan fingerprint density at radius 1 is 1.03 bits per heavy atom. The van der Waals surface area contributed by atoms with Gasteiger partial charge in [-0.1, -0.05) is 58.9 Å². The fraction of sp³-hybridized carbons (Fsp3) is 0.680. The maximum Gasteiger partial charge on any atom is 0.327 e. The van der Waals surface area contributed by atoms with Gasteiger partial charge in [0.15, 0.2) is 0 Å². The Bertz CT molecular complexity index is 793. The Morgan fingerprint density at radius 2 is 1.60 bits per heavy atom. The summed E-state index contributed by atoms with van der Waals surface area (Å²) in [6.07, 6.45) is 3.07. The fourth-order valence-electron chi connectivity index (χ4n) is 5.63. The minimum atomic E-state index is -0.648. The molecule has 0 aromatic heterocycles.